The van der Waals surface area contributed by atoms with Crippen LogP contribution >= 0.6 is 11.3 Å². The molecule has 18 heavy (non-hydrogen) atoms. The van der Waals surface area contributed by atoms with E-state index in [1.165, 1.54) is 5.56 Å². The third-order valence-corrected chi connectivity index (χ3v) is 3.90. The second kappa shape index (κ2) is 7.27. The van der Waals surface area contributed by atoms with Crippen molar-refractivity contribution in [2.45, 2.75) is 52.7 Å². The average molecular weight is 269 g/mol. The number of thiophene rings is 1. The van der Waals surface area contributed by atoms with Gasteiger partial charge in [0.15, 0.2) is 0 Å². The first-order valence-corrected chi connectivity index (χ1v) is 7.70. The van der Waals surface area contributed by atoms with E-state index in [0.29, 0.717) is 6.04 Å². The van der Waals surface area contributed by atoms with Crippen molar-refractivity contribution in [3.8, 4) is 0 Å². The first-order valence-electron chi connectivity index (χ1n) is 6.76. The van der Waals surface area contributed by atoms with Gasteiger partial charge in [-0.15, -0.1) is 0 Å². The zero-order chi connectivity index (χ0) is 13.6. The second-order valence-electron chi connectivity index (χ2n) is 5.92. The minimum absolute atomic E-state index is 0.149. The number of ether oxygens (including phenoxy) is 1. The van der Waals surface area contributed by atoms with Gasteiger partial charge in [0.1, 0.15) is 0 Å². The van der Waals surface area contributed by atoms with Gasteiger partial charge in [-0.2, -0.15) is 11.3 Å². The van der Waals surface area contributed by atoms with Gasteiger partial charge in [-0.3, -0.25) is 0 Å². The average Bonchev–Trinajstić information content (AvgIpc) is 2.77. The second-order valence-corrected chi connectivity index (χ2v) is 6.70. The maximum absolute atomic E-state index is 5.76. The van der Waals surface area contributed by atoms with Crippen LogP contribution in [-0.2, 0) is 11.2 Å². The van der Waals surface area contributed by atoms with Gasteiger partial charge in [-0.25, -0.2) is 0 Å². The molecule has 1 N–H and O–H groups in total. The van der Waals surface area contributed by atoms with E-state index in [0.717, 1.165) is 19.4 Å². The van der Waals surface area contributed by atoms with E-state index in [2.05, 4.69) is 49.8 Å². The Morgan fingerprint density at radius 3 is 2.56 bits per heavy atom. The molecule has 2 unspecified atom stereocenters. The smallest absolute Gasteiger partial charge is 0.0775 e. The third kappa shape index (κ3) is 4.71. The summed E-state index contributed by atoms with van der Waals surface area (Å²) in [5.74, 6) is 0. The summed E-state index contributed by atoms with van der Waals surface area (Å²) in [7, 11) is 1.82. The molecule has 2 nitrogen and oxygen atoms in total. The lowest BCUT2D eigenvalue weighted by molar-refractivity contribution is -0.0109. The summed E-state index contributed by atoms with van der Waals surface area (Å²) >= 11 is 1.76. The summed E-state index contributed by atoms with van der Waals surface area (Å²) in [5.41, 5.74) is 1.55. The molecule has 3 heteroatoms. The molecule has 0 aliphatic heterocycles. The lowest BCUT2D eigenvalue weighted by Gasteiger charge is -2.36. The molecule has 0 fully saturated rings. The van der Waals surface area contributed by atoms with Gasteiger partial charge >= 0.3 is 0 Å². The summed E-state index contributed by atoms with van der Waals surface area (Å²) in [6.07, 6.45) is 2.42. The molecule has 0 radical (unpaired) electrons. The van der Waals surface area contributed by atoms with Crippen molar-refractivity contribution in [2.75, 3.05) is 13.7 Å². The Bertz CT molecular complexity index is 316. The highest BCUT2D eigenvalue weighted by Gasteiger charge is 2.32. The van der Waals surface area contributed by atoms with Crippen LogP contribution in [0.15, 0.2) is 16.8 Å². The summed E-state index contributed by atoms with van der Waals surface area (Å²) < 4.78 is 5.76. The van der Waals surface area contributed by atoms with Gasteiger partial charge < -0.3 is 10.1 Å². The van der Waals surface area contributed by atoms with E-state index in [1.54, 1.807) is 11.3 Å². The van der Waals surface area contributed by atoms with Gasteiger partial charge in [0.25, 0.3) is 0 Å². The van der Waals surface area contributed by atoms with Crippen LogP contribution in [0, 0.1) is 5.41 Å². The predicted octanol–water partition coefficient (Wildman–Crippen LogP) is 3.72. The van der Waals surface area contributed by atoms with E-state index in [-0.39, 0.29) is 11.5 Å². The number of rotatable bonds is 7. The van der Waals surface area contributed by atoms with Crippen LogP contribution in [0.4, 0.5) is 0 Å². The molecule has 0 saturated heterocycles. The molecule has 104 valence electrons. The topological polar surface area (TPSA) is 21.3 Å². The number of methoxy groups -OCH3 is 1. The molecule has 2 atom stereocenters. The molecule has 1 aromatic heterocycles. The maximum Gasteiger partial charge on any atom is 0.0775 e. The van der Waals surface area contributed by atoms with Crippen molar-refractivity contribution >= 4 is 11.3 Å². The molecule has 1 heterocycles. The van der Waals surface area contributed by atoms with Crippen LogP contribution in [0.25, 0.3) is 0 Å². The first-order chi connectivity index (χ1) is 8.49. The highest BCUT2D eigenvalue weighted by molar-refractivity contribution is 7.07. The summed E-state index contributed by atoms with van der Waals surface area (Å²) in [4.78, 5) is 0. The van der Waals surface area contributed by atoms with Crippen molar-refractivity contribution in [3.63, 3.8) is 0 Å². The third-order valence-electron chi connectivity index (χ3n) is 3.17. The highest BCUT2D eigenvalue weighted by Crippen LogP contribution is 2.26. The molecule has 1 aromatic rings. The molecule has 0 spiro atoms. The van der Waals surface area contributed by atoms with Crippen LogP contribution in [0.5, 0.6) is 0 Å². The van der Waals surface area contributed by atoms with E-state index in [1.807, 2.05) is 7.11 Å². The van der Waals surface area contributed by atoms with Crippen LogP contribution in [-0.4, -0.2) is 25.8 Å². The SMILES string of the molecule is CCCNC(Cc1ccsc1)C(OC)C(C)(C)C. The largest absolute Gasteiger partial charge is 0.379 e. The number of hydrogen-bond donors (Lipinski definition) is 1. The number of nitrogens with one attached hydrogen (secondary N) is 1. The van der Waals surface area contributed by atoms with E-state index >= 15 is 0 Å². The fourth-order valence-electron chi connectivity index (χ4n) is 2.40. The van der Waals surface area contributed by atoms with E-state index in [9.17, 15) is 0 Å². The van der Waals surface area contributed by atoms with Gasteiger partial charge in [0, 0.05) is 13.2 Å². The molecule has 0 aliphatic rings. The molecular formula is C15H27NOS. The summed E-state index contributed by atoms with van der Waals surface area (Å²) in [5, 5.41) is 8.02. The Labute approximate surface area is 116 Å². The van der Waals surface area contributed by atoms with Crippen LogP contribution in [0.1, 0.15) is 39.7 Å². The summed E-state index contributed by atoms with van der Waals surface area (Å²) in [6.45, 7) is 9.98. The molecule has 0 amide bonds. The zero-order valence-electron chi connectivity index (χ0n) is 12.3. The van der Waals surface area contributed by atoms with Gasteiger partial charge in [-0.05, 0) is 47.2 Å². The van der Waals surface area contributed by atoms with Crippen molar-refractivity contribution in [1.82, 2.24) is 5.32 Å². The standard InChI is InChI=1S/C15H27NOS/c1-6-8-16-13(10-12-7-9-18-11-12)14(17-5)15(2,3)4/h7,9,11,13-14,16H,6,8,10H2,1-5H3. The van der Waals surface area contributed by atoms with Crippen molar-refractivity contribution in [3.05, 3.63) is 22.4 Å². The van der Waals surface area contributed by atoms with Crippen molar-refractivity contribution < 1.29 is 4.74 Å². The minimum Gasteiger partial charge on any atom is -0.379 e. The number of hydrogen-bond acceptors (Lipinski definition) is 3. The fourth-order valence-corrected chi connectivity index (χ4v) is 3.08. The Hall–Kier alpha value is -0.380. The Morgan fingerprint density at radius 2 is 2.11 bits per heavy atom. The predicted molar refractivity (Wildman–Crippen MR) is 80.4 cm³/mol. The van der Waals surface area contributed by atoms with Gasteiger partial charge in [0.05, 0.1) is 6.10 Å². The monoisotopic (exact) mass is 269 g/mol. The van der Waals surface area contributed by atoms with Crippen LogP contribution in [0.2, 0.25) is 0 Å². The van der Waals surface area contributed by atoms with Gasteiger partial charge in [0.2, 0.25) is 0 Å². The molecule has 0 bridgehead atoms. The first kappa shape index (κ1) is 15.7. The minimum atomic E-state index is 0.149. The lowest BCUT2D eigenvalue weighted by atomic mass is 9.82. The van der Waals surface area contributed by atoms with Crippen LogP contribution in [0.3, 0.4) is 0 Å². The Kier molecular flexibility index (Phi) is 6.33. The highest BCUT2D eigenvalue weighted by atomic mass is 32.1. The normalized spacial score (nSPS) is 15.6. The van der Waals surface area contributed by atoms with E-state index in [4.69, 9.17) is 4.74 Å². The quantitative estimate of drug-likeness (QED) is 0.814. The zero-order valence-corrected chi connectivity index (χ0v) is 13.1. The van der Waals surface area contributed by atoms with Crippen molar-refractivity contribution in [1.29, 1.82) is 0 Å². The van der Waals surface area contributed by atoms with E-state index < -0.39 is 0 Å². The summed E-state index contributed by atoms with van der Waals surface area (Å²) in [6, 6.07) is 2.59. The maximum atomic E-state index is 5.76. The molecule has 0 saturated carbocycles. The van der Waals surface area contributed by atoms with Crippen LogP contribution < -0.4 is 5.32 Å². The van der Waals surface area contributed by atoms with Gasteiger partial charge in [-0.1, -0.05) is 27.7 Å². The lowest BCUT2D eigenvalue weighted by Crippen LogP contribution is -2.49. The fraction of sp³-hybridized carbons (Fsp3) is 0.733. The van der Waals surface area contributed by atoms with Crippen molar-refractivity contribution in [2.24, 2.45) is 5.41 Å². The molecule has 0 aromatic carbocycles. The molecular weight excluding hydrogens is 242 g/mol. The Balaban J connectivity index is 2.75. The molecule has 0 aliphatic carbocycles. The Morgan fingerprint density at radius 1 is 1.39 bits per heavy atom. The molecule has 1 rings (SSSR count).